The lowest BCUT2D eigenvalue weighted by atomic mass is 10.1. The van der Waals surface area contributed by atoms with Gasteiger partial charge in [0, 0.05) is 18.2 Å². The van der Waals surface area contributed by atoms with Gasteiger partial charge in [-0.15, -0.1) is 0 Å². The minimum atomic E-state index is 0.353. The Hall–Kier alpha value is -1.54. The third-order valence-corrected chi connectivity index (χ3v) is 2.30. The zero-order chi connectivity index (χ0) is 13.2. The van der Waals surface area contributed by atoms with E-state index in [1.54, 1.807) is 14.2 Å². The second kappa shape index (κ2) is 8.54. The molecule has 0 spiro atoms. The van der Waals surface area contributed by atoms with Gasteiger partial charge in [0.15, 0.2) is 0 Å². The van der Waals surface area contributed by atoms with Gasteiger partial charge in [0.05, 0.1) is 33.5 Å². The zero-order valence-electron chi connectivity index (χ0n) is 10.9. The van der Waals surface area contributed by atoms with E-state index in [-0.39, 0.29) is 0 Å². The maximum Gasteiger partial charge on any atom is 0.124 e. The van der Waals surface area contributed by atoms with Crippen molar-refractivity contribution in [3.8, 4) is 17.6 Å². The van der Waals surface area contributed by atoms with Crippen LogP contribution in [-0.2, 0) is 16.1 Å². The molecule has 0 atom stereocenters. The molecule has 0 amide bonds. The van der Waals surface area contributed by atoms with Crippen molar-refractivity contribution in [2.75, 3.05) is 34.0 Å². The molecule has 1 rings (SSSR count). The van der Waals surface area contributed by atoms with Gasteiger partial charge in [-0.05, 0) is 18.2 Å². The molecule has 1 aromatic rings. The van der Waals surface area contributed by atoms with Crippen LogP contribution in [0.2, 0.25) is 0 Å². The summed E-state index contributed by atoms with van der Waals surface area (Å²) in [5.74, 6) is 6.61. The van der Waals surface area contributed by atoms with Crippen LogP contribution in [0, 0.1) is 11.8 Å². The Morgan fingerprint density at radius 2 is 2.06 bits per heavy atom. The Morgan fingerprint density at radius 1 is 1.22 bits per heavy atom. The van der Waals surface area contributed by atoms with Crippen molar-refractivity contribution in [3.05, 3.63) is 29.3 Å². The highest BCUT2D eigenvalue weighted by Crippen LogP contribution is 2.20. The van der Waals surface area contributed by atoms with Crippen LogP contribution in [0.4, 0.5) is 0 Å². The molecular formula is C14H19NO3. The Labute approximate surface area is 108 Å². The van der Waals surface area contributed by atoms with Gasteiger partial charge in [0.2, 0.25) is 0 Å². The molecule has 0 aliphatic carbocycles. The maximum atomic E-state index is 5.48. The topological polar surface area (TPSA) is 53.7 Å². The van der Waals surface area contributed by atoms with Gasteiger partial charge in [-0.3, -0.25) is 0 Å². The van der Waals surface area contributed by atoms with E-state index in [0.29, 0.717) is 26.4 Å². The predicted molar refractivity (Wildman–Crippen MR) is 70.5 cm³/mol. The summed E-state index contributed by atoms with van der Waals surface area (Å²) in [4.78, 5) is 0. The maximum absolute atomic E-state index is 5.48. The Balaban J connectivity index is 2.72. The van der Waals surface area contributed by atoms with Crippen molar-refractivity contribution < 1.29 is 14.2 Å². The lowest BCUT2D eigenvalue weighted by Gasteiger charge is -2.09. The lowest BCUT2D eigenvalue weighted by molar-refractivity contribution is 0.0608. The molecule has 4 heteroatoms. The molecule has 0 saturated carbocycles. The van der Waals surface area contributed by atoms with Gasteiger partial charge < -0.3 is 19.9 Å². The summed E-state index contributed by atoms with van der Waals surface area (Å²) in [7, 11) is 3.28. The molecule has 0 heterocycles. The third-order valence-electron chi connectivity index (χ3n) is 2.30. The molecular weight excluding hydrogens is 230 g/mol. The van der Waals surface area contributed by atoms with Gasteiger partial charge in [-0.2, -0.15) is 0 Å². The Morgan fingerprint density at radius 3 is 2.72 bits per heavy atom. The van der Waals surface area contributed by atoms with Crippen molar-refractivity contribution in [1.29, 1.82) is 0 Å². The van der Waals surface area contributed by atoms with E-state index in [0.717, 1.165) is 16.9 Å². The SMILES string of the molecule is COCCOCc1cc(C#CCN)ccc1OC. The molecule has 1 aromatic carbocycles. The standard InChI is InChI=1S/C14H19NO3/c1-16-8-9-18-11-13-10-12(4-3-7-15)5-6-14(13)17-2/h5-6,10H,7-9,11,15H2,1-2H3. The highest BCUT2D eigenvalue weighted by atomic mass is 16.5. The van der Waals surface area contributed by atoms with Crippen LogP contribution in [0.3, 0.4) is 0 Å². The number of rotatable bonds is 6. The number of hydrogen-bond donors (Lipinski definition) is 1. The molecule has 2 N–H and O–H groups in total. The minimum absolute atomic E-state index is 0.353. The highest BCUT2D eigenvalue weighted by molar-refractivity contribution is 5.44. The highest BCUT2D eigenvalue weighted by Gasteiger charge is 2.03. The van der Waals surface area contributed by atoms with Gasteiger partial charge in [-0.1, -0.05) is 11.8 Å². The van der Waals surface area contributed by atoms with Gasteiger partial charge in [-0.25, -0.2) is 0 Å². The second-order valence-corrected chi connectivity index (χ2v) is 3.58. The molecule has 4 nitrogen and oxygen atoms in total. The lowest BCUT2D eigenvalue weighted by Crippen LogP contribution is -2.03. The van der Waals surface area contributed by atoms with E-state index in [9.17, 15) is 0 Å². The molecule has 0 saturated heterocycles. The summed E-state index contributed by atoms with van der Waals surface area (Å²) in [5.41, 5.74) is 7.23. The molecule has 0 bridgehead atoms. The fourth-order valence-electron chi connectivity index (χ4n) is 1.45. The van der Waals surface area contributed by atoms with Gasteiger partial charge in [0.25, 0.3) is 0 Å². The number of methoxy groups -OCH3 is 2. The first-order valence-corrected chi connectivity index (χ1v) is 5.74. The summed E-state index contributed by atoms with van der Waals surface area (Å²) < 4.78 is 15.7. The molecule has 0 radical (unpaired) electrons. The van der Waals surface area contributed by atoms with Crippen molar-refractivity contribution in [2.24, 2.45) is 5.73 Å². The monoisotopic (exact) mass is 249 g/mol. The second-order valence-electron chi connectivity index (χ2n) is 3.58. The first-order valence-electron chi connectivity index (χ1n) is 5.74. The molecule has 0 aromatic heterocycles. The van der Waals surface area contributed by atoms with E-state index in [1.807, 2.05) is 18.2 Å². The summed E-state index contributed by atoms with van der Waals surface area (Å²) in [6.07, 6.45) is 0. The van der Waals surface area contributed by atoms with Crippen LogP contribution in [0.15, 0.2) is 18.2 Å². The van der Waals surface area contributed by atoms with Crippen molar-refractivity contribution >= 4 is 0 Å². The largest absolute Gasteiger partial charge is 0.496 e. The average molecular weight is 249 g/mol. The smallest absolute Gasteiger partial charge is 0.124 e. The number of ether oxygens (including phenoxy) is 3. The molecule has 0 aliphatic rings. The summed E-state index contributed by atoms with van der Waals surface area (Å²) >= 11 is 0. The van der Waals surface area contributed by atoms with Crippen molar-refractivity contribution in [1.82, 2.24) is 0 Å². The molecule has 0 unspecified atom stereocenters. The Bertz CT molecular complexity index is 421. The molecule has 0 aliphatic heterocycles. The van der Waals surface area contributed by atoms with E-state index in [4.69, 9.17) is 19.9 Å². The zero-order valence-corrected chi connectivity index (χ0v) is 10.9. The molecule has 18 heavy (non-hydrogen) atoms. The predicted octanol–water partition coefficient (Wildman–Crippen LogP) is 1.17. The van der Waals surface area contributed by atoms with E-state index in [1.165, 1.54) is 0 Å². The minimum Gasteiger partial charge on any atom is -0.496 e. The van der Waals surface area contributed by atoms with Gasteiger partial charge in [0.1, 0.15) is 5.75 Å². The molecule has 98 valence electrons. The fraction of sp³-hybridized carbons (Fsp3) is 0.429. The van der Waals surface area contributed by atoms with Crippen LogP contribution >= 0.6 is 0 Å². The number of hydrogen-bond acceptors (Lipinski definition) is 4. The van der Waals surface area contributed by atoms with Gasteiger partial charge >= 0.3 is 0 Å². The van der Waals surface area contributed by atoms with Crippen LogP contribution in [0.25, 0.3) is 0 Å². The quantitative estimate of drug-likeness (QED) is 0.607. The molecule has 0 fully saturated rings. The van der Waals surface area contributed by atoms with E-state index in [2.05, 4.69) is 11.8 Å². The number of nitrogens with two attached hydrogens (primary N) is 1. The van der Waals surface area contributed by atoms with Crippen LogP contribution in [0.5, 0.6) is 5.75 Å². The van der Waals surface area contributed by atoms with Crippen molar-refractivity contribution in [3.63, 3.8) is 0 Å². The third kappa shape index (κ3) is 4.76. The van der Waals surface area contributed by atoms with Crippen LogP contribution < -0.4 is 10.5 Å². The summed E-state index contributed by atoms with van der Waals surface area (Å²) in [5, 5.41) is 0. The van der Waals surface area contributed by atoms with Crippen LogP contribution in [0.1, 0.15) is 11.1 Å². The first kappa shape index (κ1) is 14.5. The first-order chi connectivity index (χ1) is 8.81. The Kier molecular flexibility index (Phi) is 6.89. The number of benzene rings is 1. The summed E-state index contributed by atoms with van der Waals surface area (Å²) in [6.45, 7) is 1.96. The van der Waals surface area contributed by atoms with E-state index >= 15 is 0 Å². The fourth-order valence-corrected chi connectivity index (χ4v) is 1.45. The normalized spacial score (nSPS) is 9.72. The van der Waals surface area contributed by atoms with E-state index < -0.39 is 0 Å². The van der Waals surface area contributed by atoms with Crippen molar-refractivity contribution in [2.45, 2.75) is 6.61 Å². The van der Waals surface area contributed by atoms with Crippen LogP contribution in [-0.4, -0.2) is 34.0 Å². The average Bonchev–Trinajstić information content (AvgIpc) is 2.41. The summed E-state index contributed by atoms with van der Waals surface area (Å²) in [6, 6.07) is 5.74.